The summed E-state index contributed by atoms with van der Waals surface area (Å²) in [6.07, 6.45) is 4.02. The highest BCUT2D eigenvalue weighted by Crippen LogP contribution is 2.23. The Kier molecular flexibility index (Phi) is 3.36. The second-order valence-corrected chi connectivity index (χ2v) is 5.75. The molecule has 8 heteroatoms. The van der Waals surface area contributed by atoms with Gasteiger partial charge in [-0.25, -0.2) is 18.4 Å². The molecule has 2 aromatic rings. The Morgan fingerprint density at radius 3 is 2.71 bits per heavy atom. The van der Waals surface area contributed by atoms with Crippen LogP contribution >= 0.6 is 11.3 Å². The summed E-state index contributed by atoms with van der Waals surface area (Å²) in [6.45, 7) is -0.306. The Bertz CT molecular complexity index is 595. The molecule has 6 nitrogen and oxygen atoms in total. The molecule has 2 aromatic heterocycles. The summed E-state index contributed by atoms with van der Waals surface area (Å²) < 4.78 is 26.3. The summed E-state index contributed by atoms with van der Waals surface area (Å²) in [7, 11) is -3.69. The monoisotopic (exact) mass is 271 g/mol. The molecule has 0 amide bonds. The SMILES string of the molecule is O=S(=O)(Nc1cncnc1)c1ccsc1CO. The number of anilines is 1. The molecular formula is C9H9N3O3S2. The van der Waals surface area contributed by atoms with Crippen LogP contribution in [0, 0.1) is 0 Å². The minimum atomic E-state index is -3.69. The van der Waals surface area contributed by atoms with Crippen molar-refractivity contribution in [2.45, 2.75) is 11.5 Å². The smallest absolute Gasteiger partial charge is 0.263 e. The lowest BCUT2D eigenvalue weighted by Crippen LogP contribution is -2.14. The highest BCUT2D eigenvalue weighted by molar-refractivity contribution is 7.93. The Morgan fingerprint density at radius 1 is 1.35 bits per heavy atom. The van der Waals surface area contributed by atoms with Gasteiger partial charge < -0.3 is 5.11 Å². The van der Waals surface area contributed by atoms with Crippen molar-refractivity contribution in [3.63, 3.8) is 0 Å². The van der Waals surface area contributed by atoms with Crippen LogP contribution in [0.25, 0.3) is 0 Å². The molecule has 0 saturated heterocycles. The van der Waals surface area contributed by atoms with E-state index in [2.05, 4.69) is 14.7 Å². The number of rotatable bonds is 4. The van der Waals surface area contributed by atoms with Crippen LogP contribution in [0.4, 0.5) is 5.69 Å². The van der Waals surface area contributed by atoms with Crippen molar-refractivity contribution in [1.82, 2.24) is 9.97 Å². The second-order valence-electron chi connectivity index (χ2n) is 3.10. The quantitative estimate of drug-likeness (QED) is 0.859. The Labute approximate surface area is 102 Å². The first kappa shape index (κ1) is 12.0. The molecule has 0 aliphatic heterocycles. The first-order valence-electron chi connectivity index (χ1n) is 4.58. The maximum atomic E-state index is 12.0. The van der Waals surface area contributed by atoms with E-state index in [1.807, 2.05) is 0 Å². The molecule has 0 saturated carbocycles. The van der Waals surface area contributed by atoms with Crippen molar-refractivity contribution in [1.29, 1.82) is 0 Å². The van der Waals surface area contributed by atoms with Gasteiger partial charge in [-0.3, -0.25) is 4.72 Å². The molecule has 0 fully saturated rings. The van der Waals surface area contributed by atoms with Gasteiger partial charge in [0.25, 0.3) is 10.0 Å². The summed E-state index contributed by atoms with van der Waals surface area (Å²) in [4.78, 5) is 7.89. The summed E-state index contributed by atoms with van der Waals surface area (Å²) in [5.74, 6) is 0. The molecule has 0 radical (unpaired) electrons. The van der Waals surface area contributed by atoms with Gasteiger partial charge >= 0.3 is 0 Å². The molecule has 17 heavy (non-hydrogen) atoms. The zero-order chi connectivity index (χ0) is 12.3. The third-order valence-electron chi connectivity index (χ3n) is 1.95. The highest BCUT2D eigenvalue weighted by Gasteiger charge is 2.19. The lowest BCUT2D eigenvalue weighted by atomic mass is 10.5. The molecule has 0 atom stereocenters. The van der Waals surface area contributed by atoms with E-state index >= 15 is 0 Å². The van der Waals surface area contributed by atoms with Gasteiger partial charge in [0.2, 0.25) is 0 Å². The van der Waals surface area contributed by atoms with Gasteiger partial charge in [0.1, 0.15) is 11.2 Å². The summed E-state index contributed by atoms with van der Waals surface area (Å²) in [6, 6.07) is 1.45. The Balaban J connectivity index is 2.32. The van der Waals surface area contributed by atoms with E-state index in [4.69, 9.17) is 5.11 Å². The van der Waals surface area contributed by atoms with E-state index in [1.165, 1.54) is 36.1 Å². The molecular weight excluding hydrogens is 262 g/mol. The van der Waals surface area contributed by atoms with E-state index in [1.54, 1.807) is 5.38 Å². The molecule has 2 N–H and O–H groups in total. The average molecular weight is 271 g/mol. The van der Waals surface area contributed by atoms with Crippen LogP contribution in [0.5, 0.6) is 0 Å². The van der Waals surface area contributed by atoms with Crippen molar-refractivity contribution in [2.75, 3.05) is 4.72 Å². The van der Waals surface area contributed by atoms with Crippen molar-refractivity contribution in [2.24, 2.45) is 0 Å². The standard InChI is InChI=1S/C9H9N3O3S2/c13-5-8-9(1-2-16-8)17(14,15)12-7-3-10-6-11-4-7/h1-4,6,12-13H,5H2. The maximum Gasteiger partial charge on any atom is 0.263 e. The van der Waals surface area contributed by atoms with Crippen LogP contribution < -0.4 is 4.72 Å². The molecule has 0 aliphatic carbocycles. The minimum absolute atomic E-state index is 0.0776. The van der Waals surface area contributed by atoms with Gasteiger partial charge in [0.15, 0.2) is 0 Å². The number of nitrogens with one attached hydrogen (secondary N) is 1. The molecule has 0 spiro atoms. The molecule has 0 aliphatic rings. The molecule has 0 aromatic carbocycles. The fourth-order valence-electron chi connectivity index (χ4n) is 1.25. The molecule has 0 bridgehead atoms. The summed E-state index contributed by atoms with van der Waals surface area (Å²) in [5.41, 5.74) is 0.280. The van der Waals surface area contributed by atoms with Crippen molar-refractivity contribution >= 4 is 27.0 Å². The number of hydrogen-bond donors (Lipinski definition) is 2. The number of aliphatic hydroxyl groups is 1. The first-order chi connectivity index (χ1) is 8.13. The van der Waals surface area contributed by atoms with E-state index in [0.29, 0.717) is 4.88 Å². The topological polar surface area (TPSA) is 92.2 Å². The minimum Gasteiger partial charge on any atom is -0.391 e. The highest BCUT2D eigenvalue weighted by atomic mass is 32.2. The first-order valence-corrected chi connectivity index (χ1v) is 6.95. The lowest BCUT2D eigenvalue weighted by molar-refractivity contribution is 0.282. The van der Waals surface area contributed by atoms with Crippen LogP contribution in [0.2, 0.25) is 0 Å². The summed E-state index contributed by atoms with van der Waals surface area (Å²) in [5, 5.41) is 10.6. The predicted octanol–water partition coefficient (Wildman–Crippen LogP) is 0.831. The number of hydrogen-bond acceptors (Lipinski definition) is 6. The van der Waals surface area contributed by atoms with Gasteiger partial charge in [-0.2, -0.15) is 0 Å². The Hall–Kier alpha value is -1.51. The van der Waals surface area contributed by atoms with E-state index in [0.717, 1.165) is 0 Å². The predicted molar refractivity (Wildman–Crippen MR) is 63.1 cm³/mol. The summed E-state index contributed by atoms with van der Waals surface area (Å²) >= 11 is 1.19. The number of sulfonamides is 1. The van der Waals surface area contributed by atoms with E-state index in [9.17, 15) is 8.42 Å². The number of nitrogens with zero attached hydrogens (tertiary/aromatic N) is 2. The van der Waals surface area contributed by atoms with Crippen molar-refractivity contribution < 1.29 is 13.5 Å². The number of aliphatic hydroxyl groups excluding tert-OH is 1. The maximum absolute atomic E-state index is 12.0. The zero-order valence-corrected chi connectivity index (χ0v) is 10.2. The van der Waals surface area contributed by atoms with Gasteiger partial charge in [-0.05, 0) is 11.4 Å². The molecule has 2 heterocycles. The van der Waals surface area contributed by atoms with Gasteiger partial charge in [0.05, 0.1) is 29.6 Å². The van der Waals surface area contributed by atoms with E-state index < -0.39 is 10.0 Å². The average Bonchev–Trinajstić information content (AvgIpc) is 2.78. The fourth-order valence-corrected chi connectivity index (χ4v) is 3.57. The van der Waals surface area contributed by atoms with Crippen molar-refractivity contribution in [3.05, 3.63) is 35.0 Å². The van der Waals surface area contributed by atoms with Gasteiger partial charge in [-0.1, -0.05) is 0 Å². The van der Waals surface area contributed by atoms with Crippen LogP contribution in [0.1, 0.15) is 4.88 Å². The largest absolute Gasteiger partial charge is 0.391 e. The molecule has 0 unspecified atom stereocenters. The van der Waals surface area contributed by atoms with Crippen LogP contribution in [0.15, 0.2) is 35.1 Å². The number of thiophene rings is 1. The zero-order valence-electron chi connectivity index (χ0n) is 8.57. The fraction of sp³-hybridized carbons (Fsp3) is 0.111. The normalized spacial score (nSPS) is 11.4. The van der Waals surface area contributed by atoms with Crippen LogP contribution in [-0.4, -0.2) is 23.5 Å². The number of aromatic nitrogens is 2. The lowest BCUT2D eigenvalue weighted by Gasteiger charge is -2.06. The third-order valence-corrected chi connectivity index (χ3v) is 4.45. The molecule has 2 rings (SSSR count). The third kappa shape index (κ3) is 2.60. The van der Waals surface area contributed by atoms with Gasteiger partial charge in [0, 0.05) is 0 Å². The Morgan fingerprint density at radius 2 is 2.06 bits per heavy atom. The second kappa shape index (κ2) is 4.78. The van der Waals surface area contributed by atoms with Crippen molar-refractivity contribution in [3.8, 4) is 0 Å². The van der Waals surface area contributed by atoms with E-state index in [-0.39, 0.29) is 17.2 Å². The van der Waals surface area contributed by atoms with Crippen LogP contribution in [-0.2, 0) is 16.6 Å². The molecule has 90 valence electrons. The van der Waals surface area contributed by atoms with Crippen LogP contribution in [0.3, 0.4) is 0 Å². The van der Waals surface area contributed by atoms with Gasteiger partial charge in [-0.15, -0.1) is 11.3 Å².